The zero-order valence-corrected chi connectivity index (χ0v) is 12.4. The number of nitrogen functional groups attached to an aromatic ring is 1. The summed E-state index contributed by atoms with van der Waals surface area (Å²) in [4.78, 5) is 12.5. The van der Waals surface area contributed by atoms with Crippen molar-refractivity contribution in [2.24, 2.45) is 0 Å². The number of nitrogens with two attached hydrogens (primary N) is 1. The lowest BCUT2D eigenvalue weighted by Crippen LogP contribution is -2.05. The Balaban J connectivity index is 2.46. The van der Waals surface area contributed by atoms with Crippen molar-refractivity contribution in [1.82, 2.24) is 0 Å². The third-order valence-corrected chi connectivity index (χ3v) is 3.63. The molecule has 2 aromatic rings. The molecular formula is C16H16ClNO2. The van der Waals surface area contributed by atoms with Crippen molar-refractivity contribution < 1.29 is 9.53 Å². The van der Waals surface area contributed by atoms with Crippen LogP contribution >= 0.6 is 11.6 Å². The second-order valence-electron chi connectivity index (χ2n) is 4.70. The standard InChI is InChI=1S/C16H16ClNO2/c1-9-6-12(13(17)7-10(9)2)16(19)11-4-5-15(20-3)14(18)8-11/h4-8H,18H2,1-3H3. The maximum atomic E-state index is 12.5. The van der Waals surface area contributed by atoms with Crippen molar-refractivity contribution in [2.75, 3.05) is 12.8 Å². The second kappa shape index (κ2) is 5.55. The van der Waals surface area contributed by atoms with Crippen molar-refractivity contribution in [2.45, 2.75) is 13.8 Å². The summed E-state index contributed by atoms with van der Waals surface area (Å²) in [5.74, 6) is 0.403. The van der Waals surface area contributed by atoms with E-state index in [1.54, 1.807) is 30.3 Å². The predicted octanol–water partition coefficient (Wildman–Crippen LogP) is 3.78. The summed E-state index contributed by atoms with van der Waals surface area (Å²) in [6.07, 6.45) is 0. The number of halogens is 1. The molecule has 0 aliphatic rings. The molecule has 20 heavy (non-hydrogen) atoms. The minimum Gasteiger partial charge on any atom is -0.495 e. The largest absolute Gasteiger partial charge is 0.495 e. The van der Waals surface area contributed by atoms with Crippen LogP contribution in [0, 0.1) is 13.8 Å². The summed E-state index contributed by atoms with van der Waals surface area (Å²) in [5, 5.41) is 0.451. The molecule has 0 spiro atoms. The highest BCUT2D eigenvalue weighted by atomic mass is 35.5. The smallest absolute Gasteiger partial charge is 0.194 e. The molecule has 0 fully saturated rings. The molecule has 0 aromatic heterocycles. The lowest BCUT2D eigenvalue weighted by atomic mass is 9.98. The van der Waals surface area contributed by atoms with E-state index >= 15 is 0 Å². The molecule has 0 unspecified atom stereocenters. The van der Waals surface area contributed by atoms with Crippen LogP contribution in [0.4, 0.5) is 5.69 Å². The lowest BCUT2D eigenvalue weighted by molar-refractivity contribution is 0.103. The van der Waals surface area contributed by atoms with Gasteiger partial charge in [-0.15, -0.1) is 0 Å². The van der Waals surface area contributed by atoms with Crippen LogP contribution in [0.5, 0.6) is 5.75 Å². The maximum Gasteiger partial charge on any atom is 0.194 e. The number of rotatable bonds is 3. The highest BCUT2D eigenvalue weighted by Gasteiger charge is 2.15. The summed E-state index contributed by atoms with van der Waals surface area (Å²) in [6.45, 7) is 3.91. The molecule has 104 valence electrons. The monoisotopic (exact) mass is 289 g/mol. The number of benzene rings is 2. The molecular weight excluding hydrogens is 274 g/mol. The molecule has 0 amide bonds. The van der Waals surface area contributed by atoms with E-state index in [0.717, 1.165) is 11.1 Å². The van der Waals surface area contributed by atoms with Crippen molar-refractivity contribution in [3.05, 3.63) is 57.6 Å². The number of anilines is 1. The van der Waals surface area contributed by atoms with Crippen LogP contribution in [0.1, 0.15) is 27.0 Å². The SMILES string of the molecule is COc1ccc(C(=O)c2cc(C)c(C)cc2Cl)cc1N. The Morgan fingerprint density at radius 1 is 1.15 bits per heavy atom. The van der Waals surface area contributed by atoms with Crippen molar-refractivity contribution in [3.8, 4) is 5.75 Å². The normalized spacial score (nSPS) is 10.4. The molecule has 0 aliphatic carbocycles. The number of carbonyl (C=O) groups is 1. The molecule has 0 atom stereocenters. The molecule has 0 bridgehead atoms. The third kappa shape index (κ3) is 2.63. The van der Waals surface area contributed by atoms with E-state index in [0.29, 0.717) is 27.6 Å². The predicted molar refractivity (Wildman–Crippen MR) is 81.8 cm³/mol. The number of carbonyl (C=O) groups excluding carboxylic acids is 1. The minimum atomic E-state index is -0.146. The summed E-state index contributed by atoms with van der Waals surface area (Å²) in [5.41, 5.74) is 9.32. The van der Waals surface area contributed by atoms with Crippen LogP contribution in [-0.2, 0) is 0 Å². The van der Waals surface area contributed by atoms with E-state index in [2.05, 4.69) is 0 Å². The molecule has 0 radical (unpaired) electrons. The van der Waals surface area contributed by atoms with Gasteiger partial charge in [0, 0.05) is 11.1 Å². The van der Waals surface area contributed by atoms with Gasteiger partial charge in [-0.1, -0.05) is 11.6 Å². The number of hydrogen-bond donors (Lipinski definition) is 1. The summed E-state index contributed by atoms with van der Waals surface area (Å²) < 4.78 is 5.08. The summed E-state index contributed by atoms with van der Waals surface area (Å²) in [7, 11) is 1.54. The van der Waals surface area contributed by atoms with Gasteiger partial charge in [-0.3, -0.25) is 4.79 Å². The first-order valence-electron chi connectivity index (χ1n) is 6.19. The van der Waals surface area contributed by atoms with Crippen LogP contribution in [0.25, 0.3) is 0 Å². The van der Waals surface area contributed by atoms with E-state index in [-0.39, 0.29) is 5.78 Å². The van der Waals surface area contributed by atoms with E-state index in [4.69, 9.17) is 22.1 Å². The fourth-order valence-electron chi connectivity index (χ4n) is 1.99. The van der Waals surface area contributed by atoms with Gasteiger partial charge < -0.3 is 10.5 Å². The Morgan fingerprint density at radius 2 is 1.80 bits per heavy atom. The maximum absolute atomic E-state index is 12.5. The number of aryl methyl sites for hydroxylation is 2. The molecule has 4 heteroatoms. The Morgan fingerprint density at radius 3 is 2.40 bits per heavy atom. The minimum absolute atomic E-state index is 0.146. The van der Waals surface area contributed by atoms with Crippen molar-refractivity contribution >= 4 is 23.1 Å². The Labute approximate surface area is 123 Å². The van der Waals surface area contributed by atoms with Crippen molar-refractivity contribution in [3.63, 3.8) is 0 Å². The van der Waals surface area contributed by atoms with Crippen LogP contribution < -0.4 is 10.5 Å². The first-order chi connectivity index (χ1) is 9.43. The topological polar surface area (TPSA) is 52.3 Å². The van der Waals surface area contributed by atoms with Crippen LogP contribution in [-0.4, -0.2) is 12.9 Å². The number of methoxy groups -OCH3 is 1. The van der Waals surface area contributed by atoms with Gasteiger partial charge in [-0.2, -0.15) is 0 Å². The zero-order valence-electron chi connectivity index (χ0n) is 11.7. The average molecular weight is 290 g/mol. The van der Waals surface area contributed by atoms with Crippen LogP contribution in [0.2, 0.25) is 5.02 Å². The van der Waals surface area contributed by atoms with Gasteiger partial charge in [0.1, 0.15) is 5.75 Å². The molecule has 0 saturated carbocycles. The Hall–Kier alpha value is -2.00. The summed E-state index contributed by atoms with van der Waals surface area (Å²) in [6, 6.07) is 8.57. The van der Waals surface area contributed by atoms with Gasteiger partial charge in [0.2, 0.25) is 0 Å². The Kier molecular flexibility index (Phi) is 4.00. The third-order valence-electron chi connectivity index (χ3n) is 3.32. The van der Waals surface area contributed by atoms with E-state index in [9.17, 15) is 4.79 Å². The molecule has 0 saturated heterocycles. The highest BCUT2D eigenvalue weighted by Crippen LogP contribution is 2.27. The quantitative estimate of drug-likeness (QED) is 0.691. The van der Waals surface area contributed by atoms with E-state index < -0.39 is 0 Å². The van der Waals surface area contributed by atoms with Crippen LogP contribution in [0.3, 0.4) is 0 Å². The molecule has 0 aliphatic heterocycles. The fraction of sp³-hybridized carbons (Fsp3) is 0.188. The van der Waals surface area contributed by atoms with Crippen LogP contribution in [0.15, 0.2) is 30.3 Å². The first kappa shape index (κ1) is 14.4. The highest BCUT2D eigenvalue weighted by molar-refractivity contribution is 6.35. The Bertz CT molecular complexity index is 680. The van der Waals surface area contributed by atoms with Gasteiger partial charge in [0.15, 0.2) is 5.78 Å². The number of hydrogen-bond acceptors (Lipinski definition) is 3. The molecule has 2 aromatic carbocycles. The zero-order chi connectivity index (χ0) is 14.9. The second-order valence-corrected chi connectivity index (χ2v) is 5.11. The van der Waals surface area contributed by atoms with Gasteiger partial charge in [0.25, 0.3) is 0 Å². The van der Waals surface area contributed by atoms with Crippen molar-refractivity contribution in [1.29, 1.82) is 0 Å². The molecule has 2 rings (SSSR count). The van der Waals surface area contributed by atoms with E-state index in [1.807, 2.05) is 13.8 Å². The molecule has 2 N–H and O–H groups in total. The van der Waals surface area contributed by atoms with Gasteiger partial charge >= 0.3 is 0 Å². The van der Waals surface area contributed by atoms with E-state index in [1.165, 1.54) is 7.11 Å². The number of ketones is 1. The van der Waals surface area contributed by atoms with Gasteiger partial charge in [-0.05, 0) is 55.3 Å². The number of ether oxygens (including phenoxy) is 1. The van der Waals surface area contributed by atoms with Gasteiger partial charge in [-0.25, -0.2) is 0 Å². The summed E-state index contributed by atoms with van der Waals surface area (Å²) >= 11 is 6.17. The molecule has 3 nitrogen and oxygen atoms in total. The average Bonchev–Trinajstić information content (AvgIpc) is 2.42. The fourth-order valence-corrected chi connectivity index (χ4v) is 2.29. The van der Waals surface area contributed by atoms with Gasteiger partial charge in [0.05, 0.1) is 17.8 Å². The first-order valence-corrected chi connectivity index (χ1v) is 6.56. The lowest BCUT2D eigenvalue weighted by Gasteiger charge is -2.09. The molecule has 0 heterocycles.